The molecule has 5 N–H and O–H groups in total. The fourth-order valence-corrected chi connectivity index (χ4v) is 2.42. The van der Waals surface area contributed by atoms with Crippen LogP contribution in [0.3, 0.4) is 0 Å². The lowest BCUT2D eigenvalue weighted by molar-refractivity contribution is 0.748. The first-order chi connectivity index (χ1) is 10.8. The van der Waals surface area contributed by atoms with Gasteiger partial charge in [-0.2, -0.15) is 0 Å². The minimum Gasteiger partial charge on any atom is -0.384 e. The Labute approximate surface area is 128 Å². The number of hydrogen-bond acceptors (Lipinski definition) is 6. The highest BCUT2D eigenvalue weighted by atomic mass is 15.0. The normalized spacial score (nSPS) is 11.0. The Morgan fingerprint density at radius 3 is 2.86 bits per heavy atom. The van der Waals surface area contributed by atoms with Crippen LogP contribution >= 0.6 is 0 Å². The van der Waals surface area contributed by atoms with Gasteiger partial charge in [-0.25, -0.2) is 15.0 Å². The number of H-pyrrole nitrogens is 1. The Bertz CT molecular complexity index is 765. The molecule has 0 aliphatic heterocycles. The summed E-state index contributed by atoms with van der Waals surface area (Å²) in [7, 11) is 1.95. The average molecular weight is 297 g/mol. The SMILES string of the molecule is CNCCCNc1ccnc2[nH]cc(-c3ccnc(N)n3)c12. The van der Waals surface area contributed by atoms with Crippen LogP contribution in [0.25, 0.3) is 22.3 Å². The van der Waals surface area contributed by atoms with Crippen LogP contribution in [0.15, 0.2) is 30.7 Å². The number of hydrogen-bond donors (Lipinski definition) is 4. The second-order valence-corrected chi connectivity index (χ2v) is 4.97. The molecule has 3 aromatic rings. The summed E-state index contributed by atoms with van der Waals surface area (Å²) >= 11 is 0. The molecule has 0 unspecified atom stereocenters. The number of aromatic nitrogens is 4. The molecule has 7 nitrogen and oxygen atoms in total. The summed E-state index contributed by atoms with van der Waals surface area (Å²) in [5.41, 5.74) is 9.30. The molecule has 0 radical (unpaired) electrons. The third-order valence-electron chi connectivity index (χ3n) is 3.44. The molecule has 0 saturated carbocycles. The van der Waals surface area contributed by atoms with E-state index in [-0.39, 0.29) is 5.95 Å². The van der Waals surface area contributed by atoms with Crippen LogP contribution in [0, 0.1) is 0 Å². The molecular weight excluding hydrogens is 278 g/mol. The van der Waals surface area contributed by atoms with Gasteiger partial charge in [0.25, 0.3) is 0 Å². The van der Waals surface area contributed by atoms with Gasteiger partial charge in [0, 0.05) is 36.4 Å². The number of anilines is 2. The second-order valence-electron chi connectivity index (χ2n) is 4.97. The predicted octanol–water partition coefficient (Wildman–Crippen LogP) is 1.62. The lowest BCUT2D eigenvalue weighted by Crippen LogP contribution is -2.13. The van der Waals surface area contributed by atoms with Crippen LogP contribution in [-0.2, 0) is 0 Å². The third-order valence-corrected chi connectivity index (χ3v) is 3.44. The first-order valence-electron chi connectivity index (χ1n) is 7.23. The molecule has 3 heterocycles. The van der Waals surface area contributed by atoms with Crippen molar-refractivity contribution in [1.29, 1.82) is 0 Å². The monoisotopic (exact) mass is 297 g/mol. The van der Waals surface area contributed by atoms with Gasteiger partial charge in [-0.05, 0) is 32.1 Å². The molecule has 0 fully saturated rings. The zero-order chi connectivity index (χ0) is 15.4. The van der Waals surface area contributed by atoms with Gasteiger partial charge < -0.3 is 21.4 Å². The molecule has 0 amide bonds. The molecule has 3 aromatic heterocycles. The first-order valence-corrected chi connectivity index (χ1v) is 7.23. The summed E-state index contributed by atoms with van der Waals surface area (Å²) in [5, 5.41) is 7.62. The van der Waals surface area contributed by atoms with Crippen molar-refractivity contribution in [3.63, 3.8) is 0 Å². The Balaban J connectivity index is 1.97. The lowest BCUT2D eigenvalue weighted by Gasteiger charge is -2.09. The van der Waals surface area contributed by atoms with Crippen LogP contribution in [0.5, 0.6) is 0 Å². The molecule has 7 heteroatoms. The third kappa shape index (κ3) is 2.84. The molecule has 0 spiro atoms. The zero-order valence-corrected chi connectivity index (χ0v) is 12.4. The van der Waals surface area contributed by atoms with E-state index in [1.165, 1.54) is 0 Å². The number of aromatic amines is 1. The first kappa shape index (κ1) is 14.3. The smallest absolute Gasteiger partial charge is 0.220 e. The van der Waals surface area contributed by atoms with Gasteiger partial charge in [-0.15, -0.1) is 0 Å². The van der Waals surface area contributed by atoms with Crippen LogP contribution < -0.4 is 16.4 Å². The molecular formula is C15H19N7. The van der Waals surface area contributed by atoms with Crippen LogP contribution in [0.2, 0.25) is 0 Å². The van der Waals surface area contributed by atoms with Gasteiger partial charge in [-0.1, -0.05) is 0 Å². The Hall–Kier alpha value is -2.67. The molecule has 114 valence electrons. The summed E-state index contributed by atoms with van der Waals surface area (Å²) in [4.78, 5) is 15.8. The number of rotatable bonds is 6. The van der Waals surface area contributed by atoms with E-state index in [1.807, 2.05) is 25.4 Å². The van der Waals surface area contributed by atoms with Gasteiger partial charge in [0.2, 0.25) is 5.95 Å². The summed E-state index contributed by atoms with van der Waals surface area (Å²) < 4.78 is 0. The number of nitrogens with zero attached hydrogens (tertiary/aromatic N) is 3. The van der Waals surface area contributed by atoms with Gasteiger partial charge in [0.1, 0.15) is 5.65 Å². The maximum Gasteiger partial charge on any atom is 0.220 e. The van der Waals surface area contributed by atoms with Gasteiger partial charge in [0.05, 0.1) is 11.1 Å². The Morgan fingerprint density at radius 2 is 2.05 bits per heavy atom. The number of pyridine rings is 1. The molecule has 0 atom stereocenters. The van der Waals surface area contributed by atoms with Crippen molar-refractivity contribution < 1.29 is 0 Å². The van der Waals surface area contributed by atoms with E-state index >= 15 is 0 Å². The number of fused-ring (bicyclic) bond motifs is 1. The molecule has 0 saturated heterocycles. The van der Waals surface area contributed by atoms with E-state index in [2.05, 4.69) is 30.6 Å². The van der Waals surface area contributed by atoms with Crippen molar-refractivity contribution in [2.45, 2.75) is 6.42 Å². The van der Waals surface area contributed by atoms with Crippen LogP contribution in [0.1, 0.15) is 6.42 Å². The van der Waals surface area contributed by atoms with Gasteiger partial charge in [0.15, 0.2) is 0 Å². The number of nitrogen functional groups attached to an aromatic ring is 1. The fourth-order valence-electron chi connectivity index (χ4n) is 2.42. The summed E-state index contributed by atoms with van der Waals surface area (Å²) in [5.74, 6) is 0.263. The highest BCUT2D eigenvalue weighted by molar-refractivity contribution is 6.01. The highest BCUT2D eigenvalue weighted by Gasteiger charge is 2.12. The Morgan fingerprint density at radius 1 is 1.18 bits per heavy atom. The minimum atomic E-state index is 0.263. The molecule has 0 aliphatic carbocycles. The van der Waals surface area contributed by atoms with E-state index in [0.29, 0.717) is 0 Å². The van der Waals surface area contributed by atoms with E-state index in [0.717, 1.165) is 47.5 Å². The summed E-state index contributed by atoms with van der Waals surface area (Å²) in [6.07, 6.45) is 6.39. The van der Waals surface area contributed by atoms with Gasteiger partial charge in [-0.3, -0.25) is 0 Å². The van der Waals surface area contributed by atoms with E-state index in [4.69, 9.17) is 5.73 Å². The van der Waals surface area contributed by atoms with Crippen LogP contribution in [-0.4, -0.2) is 40.1 Å². The number of nitrogens with one attached hydrogen (secondary N) is 3. The lowest BCUT2D eigenvalue weighted by atomic mass is 10.1. The topological polar surface area (TPSA) is 105 Å². The highest BCUT2D eigenvalue weighted by Crippen LogP contribution is 2.31. The minimum absolute atomic E-state index is 0.263. The summed E-state index contributed by atoms with van der Waals surface area (Å²) in [6, 6.07) is 3.82. The van der Waals surface area contributed by atoms with E-state index in [1.54, 1.807) is 12.4 Å². The quantitative estimate of drug-likeness (QED) is 0.515. The maximum absolute atomic E-state index is 5.69. The largest absolute Gasteiger partial charge is 0.384 e. The Kier molecular flexibility index (Phi) is 4.15. The zero-order valence-electron chi connectivity index (χ0n) is 12.4. The second kappa shape index (κ2) is 6.40. The van der Waals surface area contributed by atoms with E-state index < -0.39 is 0 Å². The molecule has 0 aromatic carbocycles. The van der Waals surface area contributed by atoms with Crippen molar-refractivity contribution in [2.24, 2.45) is 0 Å². The van der Waals surface area contributed by atoms with Gasteiger partial charge >= 0.3 is 0 Å². The summed E-state index contributed by atoms with van der Waals surface area (Å²) in [6.45, 7) is 1.86. The maximum atomic E-state index is 5.69. The van der Waals surface area contributed by atoms with Crippen molar-refractivity contribution in [3.05, 3.63) is 30.7 Å². The molecule has 0 bridgehead atoms. The standard InChI is InChI=1S/C15H19N7/c1-17-5-2-6-18-12-4-7-19-14-13(12)10(9-21-14)11-3-8-20-15(16)22-11/h3-4,7-9,17H,2,5-6H2,1H3,(H2,16,20,22)(H2,18,19,21). The van der Waals surface area contributed by atoms with Crippen molar-refractivity contribution >= 4 is 22.7 Å². The average Bonchev–Trinajstić information content (AvgIpc) is 2.96. The van der Waals surface area contributed by atoms with Crippen molar-refractivity contribution in [2.75, 3.05) is 31.2 Å². The molecule has 22 heavy (non-hydrogen) atoms. The van der Waals surface area contributed by atoms with E-state index in [9.17, 15) is 0 Å². The van der Waals surface area contributed by atoms with Crippen LogP contribution in [0.4, 0.5) is 11.6 Å². The molecule has 0 aliphatic rings. The number of nitrogens with two attached hydrogens (primary N) is 1. The van der Waals surface area contributed by atoms with Crippen molar-refractivity contribution in [1.82, 2.24) is 25.3 Å². The van der Waals surface area contributed by atoms with Crippen molar-refractivity contribution in [3.8, 4) is 11.3 Å². The molecule has 3 rings (SSSR count). The predicted molar refractivity (Wildman–Crippen MR) is 88.6 cm³/mol. The fraction of sp³-hybridized carbons (Fsp3) is 0.267.